The molecule has 2 aromatic rings. The molecule has 5 heteroatoms. The normalized spacial score (nSPS) is 11.0. The average molecular weight is 315 g/mol. The van der Waals surface area contributed by atoms with Crippen molar-refractivity contribution >= 4 is 29.0 Å². The second-order valence-corrected chi connectivity index (χ2v) is 5.14. The Kier molecular flexibility index (Phi) is 5.97. The fourth-order valence-corrected chi connectivity index (χ4v) is 2.31. The van der Waals surface area contributed by atoms with E-state index in [0.29, 0.717) is 12.3 Å². The maximum Gasteiger partial charge on any atom is 0.355 e. The zero-order valence-electron chi connectivity index (χ0n) is 13.5. The van der Waals surface area contributed by atoms with Crippen molar-refractivity contribution in [1.82, 2.24) is 4.57 Å². The molecule has 1 heterocycles. The van der Waals surface area contributed by atoms with E-state index in [0.717, 1.165) is 30.2 Å². The predicted octanol–water partition coefficient (Wildman–Crippen LogP) is 3.63. The first-order valence-electron chi connectivity index (χ1n) is 7.70. The minimum atomic E-state index is -0.456. The summed E-state index contributed by atoms with van der Waals surface area (Å²) in [5.74, 6) is -0.878. The summed E-state index contributed by atoms with van der Waals surface area (Å²) in [7, 11) is 1.33. The van der Waals surface area contributed by atoms with Crippen LogP contribution in [0, 0.1) is 0 Å². The summed E-state index contributed by atoms with van der Waals surface area (Å²) >= 11 is 0. The first kappa shape index (κ1) is 16.8. The Labute approximate surface area is 135 Å². The molecule has 0 saturated carbocycles. The Morgan fingerprint density at radius 1 is 1.22 bits per heavy atom. The number of para-hydroxylation sites is 1. The molecule has 1 aromatic carbocycles. The molecule has 5 nitrogen and oxygen atoms in total. The number of ether oxygens (including phenoxy) is 2. The zero-order valence-corrected chi connectivity index (χ0v) is 13.5. The molecule has 1 aromatic heterocycles. The quantitative estimate of drug-likeness (QED) is 0.445. The van der Waals surface area contributed by atoms with Gasteiger partial charge in [-0.15, -0.1) is 0 Å². The molecular formula is C18H21NO4. The highest BCUT2D eigenvalue weighted by Crippen LogP contribution is 2.20. The molecule has 0 atom stereocenters. The molecule has 2 rings (SSSR count). The second-order valence-electron chi connectivity index (χ2n) is 5.14. The van der Waals surface area contributed by atoms with Gasteiger partial charge in [0.2, 0.25) is 0 Å². The van der Waals surface area contributed by atoms with Gasteiger partial charge in [0.15, 0.2) is 0 Å². The molecular weight excluding hydrogens is 294 g/mol. The van der Waals surface area contributed by atoms with Crippen LogP contribution in [-0.2, 0) is 14.3 Å². The summed E-state index contributed by atoms with van der Waals surface area (Å²) in [6.07, 6.45) is 5.83. The smallest absolute Gasteiger partial charge is 0.355 e. The monoisotopic (exact) mass is 315 g/mol. The number of hydrogen-bond donors (Lipinski definition) is 0. The average Bonchev–Trinajstić information content (AvgIpc) is 2.95. The van der Waals surface area contributed by atoms with Gasteiger partial charge in [-0.2, -0.15) is 0 Å². The third-order valence-corrected chi connectivity index (χ3v) is 3.49. The molecule has 122 valence electrons. The fourth-order valence-electron chi connectivity index (χ4n) is 2.31. The van der Waals surface area contributed by atoms with Crippen LogP contribution in [0.3, 0.4) is 0 Å². The molecule has 0 saturated heterocycles. The van der Waals surface area contributed by atoms with E-state index in [-0.39, 0.29) is 0 Å². The summed E-state index contributed by atoms with van der Waals surface area (Å²) in [6, 6.07) is 9.27. The molecule has 0 bridgehead atoms. The van der Waals surface area contributed by atoms with Gasteiger partial charge in [0, 0.05) is 17.7 Å². The van der Waals surface area contributed by atoms with Crippen molar-refractivity contribution in [2.45, 2.75) is 26.2 Å². The Morgan fingerprint density at radius 2 is 2.00 bits per heavy atom. The highest BCUT2D eigenvalue weighted by Gasteiger charge is 2.14. The minimum absolute atomic E-state index is 0.365. The molecule has 0 N–H and O–H groups in total. The number of esters is 2. The molecule has 0 spiro atoms. The van der Waals surface area contributed by atoms with Crippen LogP contribution in [0.4, 0.5) is 0 Å². The number of carbonyl (C=O) groups is 2. The summed E-state index contributed by atoms with van der Waals surface area (Å²) in [5.41, 5.74) is 1.19. The van der Waals surface area contributed by atoms with Crippen molar-refractivity contribution in [2.75, 3.05) is 13.7 Å². The van der Waals surface area contributed by atoms with Crippen LogP contribution < -0.4 is 0 Å². The number of methoxy groups -OCH3 is 1. The molecule has 0 unspecified atom stereocenters. The summed E-state index contributed by atoms with van der Waals surface area (Å²) in [6.45, 7) is 2.50. The Morgan fingerprint density at radius 3 is 2.74 bits per heavy atom. The lowest BCUT2D eigenvalue weighted by molar-refractivity contribution is -0.137. The van der Waals surface area contributed by atoms with Crippen LogP contribution in [0.5, 0.6) is 0 Å². The first-order valence-corrected chi connectivity index (χ1v) is 7.70. The van der Waals surface area contributed by atoms with Gasteiger partial charge >= 0.3 is 11.9 Å². The minimum Gasteiger partial charge on any atom is -0.464 e. The van der Waals surface area contributed by atoms with Crippen molar-refractivity contribution in [2.24, 2.45) is 0 Å². The van der Waals surface area contributed by atoms with Crippen LogP contribution in [0.1, 0.15) is 36.7 Å². The second kappa shape index (κ2) is 8.17. The van der Waals surface area contributed by atoms with Gasteiger partial charge in [-0.25, -0.2) is 9.59 Å². The number of aromatic nitrogens is 1. The van der Waals surface area contributed by atoms with Gasteiger partial charge in [-0.3, -0.25) is 0 Å². The van der Waals surface area contributed by atoms with Gasteiger partial charge in [-0.1, -0.05) is 38.0 Å². The summed E-state index contributed by atoms with van der Waals surface area (Å²) in [5, 5.41) is 0.897. The SMILES string of the molecule is CCCCCOC(=O)/C=C/n1c(C(=O)OC)cc2ccccc21. The van der Waals surface area contributed by atoms with Crippen LogP contribution in [0.15, 0.2) is 36.4 Å². The van der Waals surface area contributed by atoms with E-state index in [9.17, 15) is 9.59 Å². The van der Waals surface area contributed by atoms with E-state index >= 15 is 0 Å². The molecule has 0 radical (unpaired) electrons. The number of hydrogen-bond acceptors (Lipinski definition) is 4. The molecule has 0 aliphatic carbocycles. The van der Waals surface area contributed by atoms with Crippen molar-refractivity contribution in [3.05, 3.63) is 42.1 Å². The summed E-state index contributed by atoms with van der Waals surface area (Å²) in [4.78, 5) is 23.6. The van der Waals surface area contributed by atoms with E-state index in [1.165, 1.54) is 19.4 Å². The summed E-state index contributed by atoms with van der Waals surface area (Å²) < 4.78 is 11.6. The van der Waals surface area contributed by atoms with Gasteiger partial charge in [0.25, 0.3) is 0 Å². The highest BCUT2D eigenvalue weighted by molar-refractivity contribution is 5.98. The molecule has 23 heavy (non-hydrogen) atoms. The lowest BCUT2D eigenvalue weighted by Crippen LogP contribution is -2.07. The molecule has 0 aliphatic heterocycles. The Balaban J connectivity index is 2.19. The fraction of sp³-hybridized carbons (Fsp3) is 0.333. The van der Waals surface area contributed by atoms with Gasteiger partial charge in [0.05, 0.1) is 19.2 Å². The third kappa shape index (κ3) is 4.22. The van der Waals surface area contributed by atoms with Gasteiger partial charge in [-0.05, 0) is 18.6 Å². The number of benzene rings is 1. The lowest BCUT2D eigenvalue weighted by Gasteiger charge is -2.04. The largest absolute Gasteiger partial charge is 0.464 e. The topological polar surface area (TPSA) is 57.5 Å². The van der Waals surface area contributed by atoms with Crippen molar-refractivity contribution < 1.29 is 19.1 Å². The standard InChI is InChI=1S/C18H21NO4/c1-3-4-7-12-23-17(20)10-11-19-15-9-6-5-8-14(15)13-16(19)18(21)22-2/h5-6,8-11,13H,3-4,7,12H2,1-2H3/b11-10+. The molecule has 0 aliphatic rings. The van der Waals surface area contributed by atoms with E-state index in [2.05, 4.69) is 6.92 Å². The van der Waals surface area contributed by atoms with Crippen LogP contribution in [-0.4, -0.2) is 30.2 Å². The van der Waals surface area contributed by atoms with Gasteiger partial charge < -0.3 is 14.0 Å². The van der Waals surface area contributed by atoms with Crippen molar-refractivity contribution in [3.63, 3.8) is 0 Å². The van der Waals surface area contributed by atoms with Crippen molar-refractivity contribution in [3.8, 4) is 0 Å². The molecule has 0 amide bonds. The van der Waals surface area contributed by atoms with Crippen molar-refractivity contribution in [1.29, 1.82) is 0 Å². The number of unbranched alkanes of at least 4 members (excludes halogenated alkanes) is 2. The molecule has 0 fully saturated rings. The number of rotatable bonds is 7. The maximum absolute atomic E-state index is 11.9. The van der Waals surface area contributed by atoms with E-state index in [1.807, 2.05) is 24.3 Å². The first-order chi connectivity index (χ1) is 11.2. The zero-order chi connectivity index (χ0) is 16.7. The third-order valence-electron chi connectivity index (χ3n) is 3.49. The maximum atomic E-state index is 11.9. The number of fused-ring (bicyclic) bond motifs is 1. The Bertz CT molecular complexity index is 715. The van der Waals surface area contributed by atoms with Crippen LogP contribution >= 0.6 is 0 Å². The lowest BCUT2D eigenvalue weighted by atomic mass is 10.2. The predicted molar refractivity (Wildman–Crippen MR) is 89.1 cm³/mol. The number of nitrogens with zero attached hydrogens (tertiary/aromatic N) is 1. The van der Waals surface area contributed by atoms with E-state index < -0.39 is 11.9 Å². The van der Waals surface area contributed by atoms with Gasteiger partial charge in [0.1, 0.15) is 5.69 Å². The van der Waals surface area contributed by atoms with E-state index in [4.69, 9.17) is 9.47 Å². The number of carbonyl (C=O) groups excluding carboxylic acids is 2. The van der Waals surface area contributed by atoms with E-state index in [1.54, 1.807) is 10.6 Å². The van der Waals surface area contributed by atoms with Crippen LogP contribution in [0.2, 0.25) is 0 Å². The Hall–Kier alpha value is -2.56. The van der Waals surface area contributed by atoms with Crippen LogP contribution in [0.25, 0.3) is 17.1 Å². The highest BCUT2D eigenvalue weighted by atomic mass is 16.5.